The van der Waals surface area contributed by atoms with Crippen LogP contribution in [0.25, 0.3) is 0 Å². The maximum atomic E-state index is 13.6. The minimum absolute atomic E-state index is 0.0156. The second-order valence-electron chi connectivity index (χ2n) is 10.6. The standard InChI is InChI=1S/C30H38F3N3O2/c1-23(37)35-19-13-26(14-20-35)29(38)36(28-10-5-9-27(22-28)30(31,32)33)16-6-15-34-17-11-25(12-18-34)21-24-7-3-2-4-8-24/h2-5,7-10,22,25-26H,6,11-21H2,1H3. The number of nitrogens with zero attached hydrogens (tertiary/aromatic N) is 3. The zero-order valence-corrected chi connectivity index (χ0v) is 22.1. The molecule has 0 aliphatic carbocycles. The van der Waals surface area contributed by atoms with Crippen LogP contribution < -0.4 is 4.90 Å². The summed E-state index contributed by atoms with van der Waals surface area (Å²) < 4.78 is 40.3. The number of alkyl halides is 3. The summed E-state index contributed by atoms with van der Waals surface area (Å²) in [6, 6.07) is 15.6. The molecule has 0 spiro atoms. The molecule has 2 aliphatic rings. The van der Waals surface area contributed by atoms with Gasteiger partial charge in [0.1, 0.15) is 0 Å². The lowest BCUT2D eigenvalue weighted by molar-refractivity contribution is -0.137. The average Bonchev–Trinajstić information content (AvgIpc) is 2.92. The van der Waals surface area contributed by atoms with Crippen molar-refractivity contribution in [1.29, 1.82) is 0 Å². The lowest BCUT2D eigenvalue weighted by Gasteiger charge is -2.35. The van der Waals surface area contributed by atoms with Crippen LogP contribution in [-0.2, 0) is 22.2 Å². The molecule has 0 bridgehead atoms. The Bertz CT molecular complexity index is 1060. The van der Waals surface area contributed by atoms with Crippen LogP contribution in [0.4, 0.5) is 18.9 Å². The molecule has 2 fully saturated rings. The zero-order chi connectivity index (χ0) is 27.1. The first kappa shape index (κ1) is 28.1. The molecule has 5 nitrogen and oxygen atoms in total. The van der Waals surface area contributed by atoms with E-state index in [4.69, 9.17) is 0 Å². The summed E-state index contributed by atoms with van der Waals surface area (Å²) in [5.41, 5.74) is 0.912. The topological polar surface area (TPSA) is 43.9 Å². The SMILES string of the molecule is CC(=O)N1CCC(C(=O)N(CCCN2CCC(Cc3ccccc3)CC2)c2cccc(C(F)(F)F)c2)CC1. The lowest BCUT2D eigenvalue weighted by Crippen LogP contribution is -2.45. The number of carbonyl (C=O) groups is 2. The first-order valence-corrected chi connectivity index (χ1v) is 13.7. The number of halogens is 3. The number of hydrogen-bond acceptors (Lipinski definition) is 3. The summed E-state index contributed by atoms with van der Waals surface area (Å²) in [4.78, 5) is 30.9. The molecule has 2 heterocycles. The predicted octanol–water partition coefficient (Wildman–Crippen LogP) is 5.64. The van der Waals surface area contributed by atoms with Crippen LogP contribution in [0.2, 0.25) is 0 Å². The Morgan fingerprint density at radius 1 is 0.921 bits per heavy atom. The minimum atomic E-state index is -4.47. The van der Waals surface area contributed by atoms with Crippen LogP contribution in [0.1, 0.15) is 50.2 Å². The molecule has 206 valence electrons. The smallest absolute Gasteiger partial charge is 0.343 e. The fourth-order valence-electron chi connectivity index (χ4n) is 5.69. The number of benzene rings is 2. The highest BCUT2D eigenvalue weighted by atomic mass is 19.4. The molecule has 2 aromatic carbocycles. The summed E-state index contributed by atoms with van der Waals surface area (Å²) in [7, 11) is 0. The van der Waals surface area contributed by atoms with Gasteiger partial charge in [0.25, 0.3) is 0 Å². The van der Waals surface area contributed by atoms with Gasteiger partial charge in [0, 0.05) is 38.2 Å². The van der Waals surface area contributed by atoms with Crippen molar-refractivity contribution < 1.29 is 22.8 Å². The van der Waals surface area contributed by atoms with Crippen molar-refractivity contribution in [3.05, 3.63) is 65.7 Å². The van der Waals surface area contributed by atoms with Crippen molar-refractivity contribution in [2.45, 2.75) is 51.6 Å². The number of likely N-dealkylation sites (tertiary alicyclic amines) is 2. The molecular weight excluding hydrogens is 491 g/mol. The fourth-order valence-corrected chi connectivity index (χ4v) is 5.69. The largest absolute Gasteiger partial charge is 0.416 e. The Balaban J connectivity index is 1.36. The van der Waals surface area contributed by atoms with Crippen molar-refractivity contribution >= 4 is 17.5 Å². The third-order valence-electron chi connectivity index (χ3n) is 7.97. The van der Waals surface area contributed by atoms with E-state index in [9.17, 15) is 22.8 Å². The van der Waals surface area contributed by atoms with Gasteiger partial charge in [-0.15, -0.1) is 0 Å². The summed E-state index contributed by atoms with van der Waals surface area (Å²) >= 11 is 0. The summed E-state index contributed by atoms with van der Waals surface area (Å²) in [6.45, 7) is 5.69. The molecular formula is C30H38F3N3O2. The predicted molar refractivity (Wildman–Crippen MR) is 143 cm³/mol. The third kappa shape index (κ3) is 7.59. The van der Waals surface area contributed by atoms with Gasteiger partial charge < -0.3 is 14.7 Å². The summed E-state index contributed by atoms with van der Waals surface area (Å²) in [6.07, 6.45) is 0.625. The molecule has 0 atom stereocenters. The molecule has 2 aromatic rings. The van der Waals surface area contributed by atoms with E-state index in [1.54, 1.807) is 15.9 Å². The number of anilines is 1. The molecule has 2 saturated heterocycles. The molecule has 0 saturated carbocycles. The summed E-state index contributed by atoms with van der Waals surface area (Å²) in [5, 5.41) is 0. The molecule has 4 rings (SSSR count). The molecule has 2 aliphatic heterocycles. The molecule has 0 aromatic heterocycles. The maximum absolute atomic E-state index is 13.6. The quantitative estimate of drug-likeness (QED) is 0.445. The van der Waals surface area contributed by atoms with Crippen LogP contribution in [0.5, 0.6) is 0 Å². The van der Waals surface area contributed by atoms with Gasteiger partial charge in [-0.25, -0.2) is 0 Å². The molecule has 0 unspecified atom stereocenters. The van der Waals surface area contributed by atoms with E-state index in [-0.39, 0.29) is 17.7 Å². The number of amides is 2. The van der Waals surface area contributed by atoms with Crippen LogP contribution in [0, 0.1) is 11.8 Å². The first-order chi connectivity index (χ1) is 18.2. The highest BCUT2D eigenvalue weighted by molar-refractivity contribution is 5.95. The molecule has 0 radical (unpaired) electrons. The van der Waals surface area contributed by atoms with Gasteiger partial charge in [-0.1, -0.05) is 36.4 Å². The van der Waals surface area contributed by atoms with Gasteiger partial charge in [0.15, 0.2) is 0 Å². The highest BCUT2D eigenvalue weighted by Gasteiger charge is 2.33. The Morgan fingerprint density at radius 2 is 1.61 bits per heavy atom. The number of rotatable bonds is 8. The zero-order valence-electron chi connectivity index (χ0n) is 22.1. The third-order valence-corrected chi connectivity index (χ3v) is 7.97. The number of hydrogen-bond donors (Lipinski definition) is 0. The van der Waals surface area contributed by atoms with Gasteiger partial charge in [-0.05, 0) is 87.8 Å². The van der Waals surface area contributed by atoms with E-state index >= 15 is 0 Å². The van der Waals surface area contributed by atoms with Crippen molar-refractivity contribution in [1.82, 2.24) is 9.80 Å². The Morgan fingerprint density at radius 3 is 2.24 bits per heavy atom. The second kappa shape index (κ2) is 12.8. The van der Waals surface area contributed by atoms with Crippen molar-refractivity contribution in [3.8, 4) is 0 Å². The monoisotopic (exact) mass is 529 g/mol. The van der Waals surface area contributed by atoms with Gasteiger partial charge in [-0.3, -0.25) is 9.59 Å². The van der Waals surface area contributed by atoms with Gasteiger partial charge in [0.2, 0.25) is 11.8 Å². The second-order valence-corrected chi connectivity index (χ2v) is 10.6. The van der Waals surface area contributed by atoms with E-state index in [1.807, 2.05) is 6.07 Å². The number of piperidine rings is 2. The highest BCUT2D eigenvalue weighted by Crippen LogP contribution is 2.33. The number of carbonyl (C=O) groups excluding carboxylic acids is 2. The van der Waals surface area contributed by atoms with Crippen LogP contribution in [0.3, 0.4) is 0 Å². The van der Waals surface area contributed by atoms with Gasteiger partial charge in [0.05, 0.1) is 5.56 Å². The van der Waals surface area contributed by atoms with Gasteiger partial charge >= 0.3 is 6.18 Å². The average molecular weight is 530 g/mol. The molecule has 2 amide bonds. The lowest BCUT2D eigenvalue weighted by atomic mass is 9.90. The van der Waals surface area contributed by atoms with Crippen molar-refractivity contribution in [2.24, 2.45) is 11.8 Å². The fraction of sp³-hybridized carbons (Fsp3) is 0.533. The van der Waals surface area contributed by atoms with E-state index < -0.39 is 11.7 Å². The van der Waals surface area contributed by atoms with Crippen LogP contribution >= 0.6 is 0 Å². The van der Waals surface area contributed by atoms with E-state index in [0.29, 0.717) is 50.5 Å². The molecule has 8 heteroatoms. The molecule has 38 heavy (non-hydrogen) atoms. The molecule has 0 N–H and O–H groups in total. The van der Waals surface area contributed by atoms with Crippen molar-refractivity contribution in [3.63, 3.8) is 0 Å². The first-order valence-electron chi connectivity index (χ1n) is 13.7. The van der Waals surface area contributed by atoms with Gasteiger partial charge in [-0.2, -0.15) is 13.2 Å². The van der Waals surface area contributed by atoms with Crippen molar-refractivity contribution in [2.75, 3.05) is 44.2 Å². The Kier molecular flexibility index (Phi) is 9.47. The van der Waals surface area contributed by atoms with E-state index in [0.717, 1.165) is 51.0 Å². The van der Waals surface area contributed by atoms with E-state index in [2.05, 4.69) is 29.2 Å². The Hall–Kier alpha value is -2.87. The van der Waals surface area contributed by atoms with Crippen LogP contribution in [0.15, 0.2) is 54.6 Å². The summed E-state index contributed by atoms with van der Waals surface area (Å²) in [5.74, 6) is 0.207. The maximum Gasteiger partial charge on any atom is 0.416 e. The minimum Gasteiger partial charge on any atom is -0.343 e. The normalized spacial score (nSPS) is 17.9. The van der Waals surface area contributed by atoms with E-state index in [1.165, 1.54) is 18.6 Å². The van der Waals surface area contributed by atoms with Crippen LogP contribution in [-0.4, -0.2) is 60.9 Å². The Labute approximate surface area is 223 Å².